The van der Waals surface area contributed by atoms with Crippen molar-refractivity contribution in [2.24, 2.45) is 0 Å². The van der Waals surface area contributed by atoms with Crippen molar-refractivity contribution < 1.29 is 0 Å². The minimum absolute atomic E-state index is 0.523. The Hall–Kier alpha value is -1.24. The highest BCUT2D eigenvalue weighted by Crippen LogP contribution is 2.34. The third kappa shape index (κ3) is 2.71. The molecule has 1 nitrogen and oxygen atoms in total. The predicted octanol–water partition coefficient (Wildman–Crippen LogP) is 4.49. The van der Waals surface area contributed by atoms with E-state index in [1.165, 1.54) is 48.8 Å². The van der Waals surface area contributed by atoms with E-state index in [1.807, 2.05) is 0 Å². The average Bonchev–Trinajstić information content (AvgIpc) is 2.26. The summed E-state index contributed by atoms with van der Waals surface area (Å²) in [5, 5.41) is 0. The van der Waals surface area contributed by atoms with Gasteiger partial charge in [0, 0.05) is 11.6 Å². The van der Waals surface area contributed by atoms with Crippen LogP contribution in [0.3, 0.4) is 0 Å². The van der Waals surface area contributed by atoms with E-state index in [0.29, 0.717) is 5.92 Å². The molecule has 0 radical (unpaired) electrons. The SMILES string of the molecule is Cc1ccc(C)c(C2/C=C\CCCCC2)c1N. The lowest BCUT2D eigenvalue weighted by atomic mass is 9.86. The van der Waals surface area contributed by atoms with Crippen molar-refractivity contribution >= 4 is 5.69 Å². The molecule has 0 aromatic heterocycles. The molecule has 1 aromatic carbocycles. The molecule has 0 amide bonds. The smallest absolute Gasteiger partial charge is 0.0385 e. The summed E-state index contributed by atoms with van der Waals surface area (Å²) in [5.41, 5.74) is 11.2. The van der Waals surface area contributed by atoms with Crippen molar-refractivity contribution in [1.82, 2.24) is 0 Å². The molecule has 1 atom stereocenters. The molecule has 1 heteroatoms. The number of aryl methyl sites for hydroxylation is 2. The van der Waals surface area contributed by atoms with Gasteiger partial charge < -0.3 is 5.73 Å². The van der Waals surface area contributed by atoms with E-state index in [-0.39, 0.29) is 0 Å². The number of anilines is 1. The fourth-order valence-corrected chi connectivity index (χ4v) is 2.75. The van der Waals surface area contributed by atoms with Crippen LogP contribution in [0.25, 0.3) is 0 Å². The Balaban J connectivity index is 2.37. The second-order valence-corrected chi connectivity index (χ2v) is 5.20. The first-order valence-electron chi connectivity index (χ1n) is 6.72. The van der Waals surface area contributed by atoms with Gasteiger partial charge in [0.1, 0.15) is 0 Å². The molecule has 2 N–H and O–H groups in total. The molecule has 0 aliphatic heterocycles. The van der Waals surface area contributed by atoms with Crippen LogP contribution in [0.15, 0.2) is 24.3 Å². The van der Waals surface area contributed by atoms with E-state index >= 15 is 0 Å². The standard InChI is InChI=1S/C16H23N/c1-12-10-11-13(2)16(17)15(12)14-8-6-4-3-5-7-9-14/h6,8,10-11,14H,3-5,7,9,17H2,1-2H3/b8-6-. The summed E-state index contributed by atoms with van der Waals surface area (Å²) in [6, 6.07) is 4.33. The van der Waals surface area contributed by atoms with Crippen LogP contribution >= 0.6 is 0 Å². The van der Waals surface area contributed by atoms with Crippen LogP contribution in [0.2, 0.25) is 0 Å². The van der Waals surface area contributed by atoms with Crippen molar-refractivity contribution in [3.8, 4) is 0 Å². The van der Waals surface area contributed by atoms with Crippen LogP contribution in [-0.4, -0.2) is 0 Å². The van der Waals surface area contributed by atoms with Gasteiger partial charge in [-0.25, -0.2) is 0 Å². The van der Waals surface area contributed by atoms with Crippen LogP contribution in [0, 0.1) is 13.8 Å². The monoisotopic (exact) mass is 229 g/mol. The maximum atomic E-state index is 6.27. The minimum atomic E-state index is 0.523. The van der Waals surface area contributed by atoms with Crippen molar-refractivity contribution in [2.75, 3.05) is 5.73 Å². The second-order valence-electron chi connectivity index (χ2n) is 5.20. The second kappa shape index (κ2) is 5.39. The Morgan fingerprint density at radius 1 is 1.06 bits per heavy atom. The zero-order valence-electron chi connectivity index (χ0n) is 11.0. The molecule has 1 aliphatic carbocycles. The topological polar surface area (TPSA) is 26.0 Å². The Bertz CT molecular complexity index is 418. The van der Waals surface area contributed by atoms with Gasteiger partial charge in [0.05, 0.1) is 0 Å². The minimum Gasteiger partial charge on any atom is -0.398 e. The van der Waals surface area contributed by atoms with Gasteiger partial charge in [-0.15, -0.1) is 0 Å². The van der Waals surface area contributed by atoms with Crippen molar-refractivity contribution in [3.05, 3.63) is 41.0 Å². The fourth-order valence-electron chi connectivity index (χ4n) is 2.75. The Morgan fingerprint density at radius 3 is 2.65 bits per heavy atom. The van der Waals surface area contributed by atoms with Gasteiger partial charge in [0.15, 0.2) is 0 Å². The molecule has 2 rings (SSSR count). The van der Waals surface area contributed by atoms with Crippen LogP contribution in [0.1, 0.15) is 54.7 Å². The van der Waals surface area contributed by atoms with Gasteiger partial charge in [-0.2, -0.15) is 0 Å². The highest BCUT2D eigenvalue weighted by molar-refractivity contribution is 5.58. The lowest BCUT2D eigenvalue weighted by molar-refractivity contribution is 0.597. The van der Waals surface area contributed by atoms with Gasteiger partial charge in [-0.05, 0) is 49.8 Å². The fraction of sp³-hybridized carbons (Fsp3) is 0.500. The van der Waals surface area contributed by atoms with Gasteiger partial charge in [-0.1, -0.05) is 37.1 Å². The van der Waals surface area contributed by atoms with E-state index in [0.717, 1.165) is 5.69 Å². The first kappa shape index (κ1) is 12.2. The highest BCUT2D eigenvalue weighted by atomic mass is 14.6. The molecule has 0 fully saturated rings. The molecule has 17 heavy (non-hydrogen) atoms. The summed E-state index contributed by atoms with van der Waals surface area (Å²) in [6.07, 6.45) is 11.2. The first-order chi connectivity index (χ1) is 8.20. The summed E-state index contributed by atoms with van der Waals surface area (Å²) in [5.74, 6) is 0.523. The quantitative estimate of drug-likeness (QED) is 0.557. The van der Waals surface area contributed by atoms with Gasteiger partial charge >= 0.3 is 0 Å². The number of nitrogens with two attached hydrogens (primary N) is 1. The Labute approximate surface area is 105 Å². The third-order valence-corrected chi connectivity index (χ3v) is 3.85. The largest absolute Gasteiger partial charge is 0.398 e. The van der Waals surface area contributed by atoms with Gasteiger partial charge in [0.25, 0.3) is 0 Å². The summed E-state index contributed by atoms with van der Waals surface area (Å²) in [7, 11) is 0. The van der Waals surface area contributed by atoms with Crippen molar-refractivity contribution in [2.45, 2.75) is 51.9 Å². The van der Waals surface area contributed by atoms with Crippen LogP contribution in [0.4, 0.5) is 5.69 Å². The molecule has 0 saturated carbocycles. The number of allylic oxidation sites excluding steroid dienone is 2. The molecule has 92 valence electrons. The third-order valence-electron chi connectivity index (χ3n) is 3.85. The van der Waals surface area contributed by atoms with Gasteiger partial charge in [-0.3, -0.25) is 0 Å². The molecule has 0 bridgehead atoms. The predicted molar refractivity (Wildman–Crippen MR) is 75.3 cm³/mol. The summed E-state index contributed by atoms with van der Waals surface area (Å²) < 4.78 is 0. The molecule has 1 aliphatic rings. The summed E-state index contributed by atoms with van der Waals surface area (Å²) in [6.45, 7) is 4.28. The van der Waals surface area contributed by atoms with Crippen molar-refractivity contribution in [3.63, 3.8) is 0 Å². The zero-order valence-corrected chi connectivity index (χ0v) is 11.0. The highest BCUT2D eigenvalue weighted by Gasteiger charge is 2.16. The molecule has 0 heterocycles. The summed E-state index contributed by atoms with van der Waals surface area (Å²) in [4.78, 5) is 0. The average molecular weight is 229 g/mol. The molecular formula is C16H23N. The number of nitrogen functional groups attached to an aromatic ring is 1. The lowest BCUT2D eigenvalue weighted by Crippen LogP contribution is -2.06. The van der Waals surface area contributed by atoms with E-state index in [4.69, 9.17) is 5.73 Å². The normalized spacial score (nSPS) is 22.8. The summed E-state index contributed by atoms with van der Waals surface area (Å²) >= 11 is 0. The maximum absolute atomic E-state index is 6.27. The maximum Gasteiger partial charge on any atom is 0.0385 e. The number of hydrogen-bond donors (Lipinski definition) is 1. The van der Waals surface area contributed by atoms with Crippen molar-refractivity contribution in [1.29, 1.82) is 0 Å². The van der Waals surface area contributed by atoms with Crippen LogP contribution in [0.5, 0.6) is 0 Å². The lowest BCUT2D eigenvalue weighted by Gasteiger charge is -2.21. The van der Waals surface area contributed by atoms with Crippen LogP contribution < -0.4 is 5.73 Å². The Kier molecular flexibility index (Phi) is 3.88. The first-order valence-corrected chi connectivity index (χ1v) is 6.72. The molecule has 1 unspecified atom stereocenters. The molecule has 1 aromatic rings. The molecular weight excluding hydrogens is 206 g/mol. The number of hydrogen-bond acceptors (Lipinski definition) is 1. The van der Waals surface area contributed by atoms with E-state index in [1.54, 1.807) is 0 Å². The molecule has 0 saturated heterocycles. The Morgan fingerprint density at radius 2 is 1.82 bits per heavy atom. The van der Waals surface area contributed by atoms with E-state index < -0.39 is 0 Å². The van der Waals surface area contributed by atoms with E-state index in [9.17, 15) is 0 Å². The zero-order chi connectivity index (χ0) is 12.3. The molecule has 0 spiro atoms. The number of benzene rings is 1. The van der Waals surface area contributed by atoms with E-state index in [2.05, 4.69) is 38.1 Å². The van der Waals surface area contributed by atoms with Gasteiger partial charge in [0.2, 0.25) is 0 Å². The number of rotatable bonds is 1. The van der Waals surface area contributed by atoms with Crippen LogP contribution in [-0.2, 0) is 0 Å².